The zero-order chi connectivity index (χ0) is 21.0. The van der Waals surface area contributed by atoms with Crippen LogP contribution in [-0.2, 0) is 11.2 Å². The van der Waals surface area contributed by atoms with E-state index in [0.29, 0.717) is 18.5 Å². The van der Waals surface area contributed by atoms with Gasteiger partial charge in [0, 0.05) is 23.6 Å². The molecule has 0 amide bonds. The number of hydrogen-bond donors (Lipinski definition) is 4. The maximum absolute atomic E-state index is 9.77. The second-order valence-electron chi connectivity index (χ2n) is 7.76. The minimum atomic E-state index is -0.443. The molecule has 6 heteroatoms. The summed E-state index contributed by atoms with van der Waals surface area (Å²) in [5.74, 6) is 0.117. The summed E-state index contributed by atoms with van der Waals surface area (Å²) in [6.45, 7) is 2.82. The van der Waals surface area contributed by atoms with E-state index in [4.69, 9.17) is 16.3 Å². The molecule has 0 fully saturated rings. The first-order valence-electron chi connectivity index (χ1n) is 10.4. The summed E-state index contributed by atoms with van der Waals surface area (Å²) in [4.78, 5) is 0. The molecule has 0 aliphatic heterocycles. The van der Waals surface area contributed by atoms with Crippen molar-refractivity contribution in [3.05, 3.63) is 58.3 Å². The molecule has 1 aromatic rings. The Hall–Kier alpha value is -1.37. The number of allylic oxidation sites excluding steroid dienone is 1. The van der Waals surface area contributed by atoms with Crippen molar-refractivity contribution in [1.82, 2.24) is 5.32 Å². The van der Waals surface area contributed by atoms with Crippen molar-refractivity contribution in [2.75, 3.05) is 39.5 Å². The molecular weight excluding hydrogens is 390 g/mol. The van der Waals surface area contributed by atoms with Crippen molar-refractivity contribution < 1.29 is 20.1 Å². The van der Waals surface area contributed by atoms with E-state index in [1.165, 1.54) is 5.56 Å². The van der Waals surface area contributed by atoms with Crippen LogP contribution in [0.3, 0.4) is 0 Å². The fourth-order valence-corrected chi connectivity index (χ4v) is 3.71. The van der Waals surface area contributed by atoms with E-state index in [2.05, 4.69) is 11.4 Å². The van der Waals surface area contributed by atoms with Gasteiger partial charge in [-0.15, -0.1) is 0 Å². The van der Waals surface area contributed by atoms with Gasteiger partial charge in [-0.1, -0.05) is 42.7 Å². The lowest BCUT2D eigenvalue weighted by Crippen LogP contribution is -2.38. The van der Waals surface area contributed by atoms with E-state index in [0.717, 1.165) is 56.9 Å². The van der Waals surface area contributed by atoms with Crippen molar-refractivity contribution >= 4 is 11.6 Å². The molecule has 0 radical (unpaired) electrons. The number of benzene rings is 1. The number of halogens is 1. The highest BCUT2D eigenvalue weighted by atomic mass is 35.5. The van der Waals surface area contributed by atoms with Crippen LogP contribution in [0.4, 0.5) is 0 Å². The van der Waals surface area contributed by atoms with Crippen molar-refractivity contribution in [3.8, 4) is 0 Å². The van der Waals surface area contributed by atoms with Gasteiger partial charge in [0.05, 0.1) is 19.8 Å². The van der Waals surface area contributed by atoms with E-state index in [1.807, 2.05) is 24.3 Å². The molecule has 1 atom stereocenters. The lowest BCUT2D eigenvalue weighted by atomic mass is 9.78. The van der Waals surface area contributed by atoms with Crippen LogP contribution in [0.2, 0.25) is 5.02 Å². The minimum absolute atomic E-state index is 0.0141. The number of aliphatic hydroxyl groups excluding tert-OH is 3. The van der Waals surface area contributed by atoms with E-state index in [1.54, 1.807) is 6.08 Å². The molecule has 162 valence electrons. The van der Waals surface area contributed by atoms with Crippen LogP contribution >= 0.6 is 11.6 Å². The Morgan fingerprint density at radius 1 is 1.10 bits per heavy atom. The van der Waals surface area contributed by atoms with Crippen LogP contribution in [0, 0.1) is 5.41 Å². The zero-order valence-electron chi connectivity index (χ0n) is 17.1. The Morgan fingerprint density at radius 3 is 2.69 bits per heavy atom. The van der Waals surface area contributed by atoms with E-state index >= 15 is 0 Å². The molecule has 0 bridgehead atoms. The zero-order valence-corrected chi connectivity index (χ0v) is 17.8. The SMILES string of the molecule is OCC1=C(O)C=CC(CO)(CNCCCCCCOCCc2cccc(Cl)c2)C1. The van der Waals surface area contributed by atoms with Gasteiger partial charge < -0.3 is 25.4 Å². The molecule has 4 N–H and O–H groups in total. The molecule has 0 aromatic heterocycles. The van der Waals surface area contributed by atoms with Crippen LogP contribution < -0.4 is 5.32 Å². The smallest absolute Gasteiger partial charge is 0.116 e. The van der Waals surface area contributed by atoms with Crippen molar-refractivity contribution in [2.24, 2.45) is 5.41 Å². The van der Waals surface area contributed by atoms with Gasteiger partial charge in [-0.2, -0.15) is 0 Å². The summed E-state index contributed by atoms with van der Waals surface area (Å²) in [7, 11) is 0. The molecule has 1 aliphatic rings. The number of unbranched alkanes of at least 4 members (excludes halogenated alkanes) is 3. The van der Waals surface area contributed by atoms with E-state index in [9.17, 15) is 15.3 Å². The Kier molecular flexibility index (Phi) is 10.7. The third-order valence-electron chi connectivity index (χ3n) is 5.32. The minimum Gasteiger partial charge on any atom is -0.508 e. The highest BCUT2D eigenvalue weighted by Gasteiger charge is 2.31. The van der Waals surface area contributed by atoms with Gasteiger partial charge in [-0.25, -0.2) is 0 Å². The number of nitrogens with one attached hydrogen (secondary N) is 1. The molecule has 5 nitrogen and oxygen atoms in total. The second-order valence-corrected chi connectivity index (χ2v) is 8.20. The van der Waals surface area contributed by atoms with Gasteiger partial charge >= 0.3 is 0 Å². The molecule has 0 heterocycles. The van der Waals surface area contributed by atoms with Gasteiger partial charge in [0.1, 0.15) is 5.76 Å². The van der Waals surface area contributed by atoms with Crippen LogP contribution in [0.15, 0.2) is 47.7 Å². The fraction of sp³-hybridized carbons (Fsp3) is 0.565. The molecule has 1 unspecified atom stereocenters. The Bertz CT molecular complexity index is 677. The molecule has 2 rings (SSSR count). The van der Waals surface area contributed by atoms with Gasteiger partial charge in [-0.3, -0.25) is 0 Å². The molecule has 1 aliphatic carbocycles. The maximum Gasteiger partial charge on any atom is 0.116 e. The second kappa shape index (κ2) is 13.0. The molecule has 0 saturated carbocycles. The predicted octanol–water partition coefficient (Wildman–Crippen LogP) is 3.79. The molecule has 1 aromatic carbocycles. The van der Waals surface area contributed by atoms with Crippen LogP contribution in [0.25, 0.3) is 0 Å². The molecule has 0 saturated heterocycles. The van der Waals surface area contributed by atoms with Crippen molar-refractivity contribution in [2.45, 2.75) is 38.5 Å². The highest BCUT2D eigenvalue weighted by molar-refractivity contribution is 6.30. The highest BCUT2D eigenvalue weighted by Crippen LogP contribution is 2.32. The quantitative estimate of drug-likeness (QED) is 0.342. The Balaban J connectivity index is 1.47. The van der Waals surface area contributed by atoms with Crippen LogP contribution in [0.5, 0.6) is 0 Å². The average Bonchev–Trinajstić information content (AvgIpc) is 2.73. The predicted molar refractivity (Wildman–Crippen MR) is 117 cm³/mol. The average molecular weight is 424 g/mol. The van der Waals surface area contributed by atoms with Gasteiger partial charge in [0.2, 0.25) is 0 Å². The summed E-state index contributed by atoms with van der Waals surface area (Å²) >= 11 is 5.97. The lowest BCUT2D eigenvalue weighted by molar-refractivity contribution is 0.132. The summed E-state index contributed by atoms with van der Waals surface area (Å²) in [5.41, 5.74) is 1.34. The normalized spacial score (nSPS) is 19.1. The van der Waals surface area contributed by atoms with Crippen LogP contribution in [-0.4, -0.2) is 54.8 Å². The monoisotopic (exact) mass is 423 g/mol. The Labute approximate surface area is 179 Å². The van der Waals surface area contributed by atoms with Gasteiger partial charge in [-0.05, 0) is 61.6 Å². The number of aliphatic hydroxyl groups is 3. The van der Waals surface area contributed by atoms with Crippen molar-refractivity contribution in [1.29, 1.82) is 0 Å². The Morgan fingerprint density at radius 2 is 1.93 bits per heavy atom. The molecular formula is C23H34ClNO4. The molecule has 0 spiro atoms. The number of ether oxygens (including phenoxy) is 1. The van der Waals surface area contributed by atoms with E-state index in [-0.39, 0.29) is 19.0 Å². The summed E-state index contributed by atoms with van der Waals surface area (Å²) < 4.78 is 5.70. The summed E-state index contributed by atoms with van der Waals surface area (Å²) in [6, 6.07) is 7.89. The van der Waals surface area contributed by atoms with Gasteiger partial charge in [0.25, 0.3) is 0 Å². The first-order chi connectivity index (χ1) is 14.1. The summed E-state index contributed by atoms with van der Waals surface area (Å²) in [5, 5.41) is 33.0. The topological polar surface area (TPSA) is 82.0 Å². The first kappa shape index (κ1) is 23.9. The lowest BCUT2D eigenvalue weighted by Gasteiger charge is -2.32. The summed E-state index contributed by atoms with van der Waals surface area (Å²) in [6.07, 6.45) is 9.18. The number of rotatable bonds is 14. The third-order valence-corrected chi connectivity index (χ3v) is 5.56. The van der Waals surface area contributed by atoms with Crippen LogP contribution in [0.1, 0.15) is 37.7 Å². The van der Waals surface area contributed by atoms with Gasteiger partial charge in [0.15, 0.2) is 0 Å². The maximum atomic E-state index is 9.77. The first-order valence-corrected chi connectivity index (χ1v) is 10.8. The fourth-order valence-electron chi connectivity index (χ4n) is 3.50. The standard InChI is InChI=1S/C23H34ClNO4/c24-21-7-5-6-19(14-21)9-13-29-12-4-2-1-3-11-25-17-23(18-27)10-8-22(28)20(15-23)16-26/h5-8,10,14,25-28H,1-4,9,11-13,15-18H2. The van der Waals surface area contributed by atoms with Crippen molar-refractivity contribution in [3.63, 3.8) is 0 Å². The third kappa shape index (κ3) is 8.49. The number of hydrogen-bond acceptors (Lipinski definition) is 5. The van der Waals surface area contributed by atoms with E-state index < -0.39 is 5.41 Å². The largest absolute Gasteiger partial charge is 0.508 e. The molecule has 29 heavy (non-hydrogen) atoms.